The molecule has 0 unspecified atom stereocenters. The van der Waals surface area contributed by atoms with Gasteiger partial charge in [0.05, 0.1) is 0 Å². The van der Waals surface area contributed by atoms with Gasteiger partial charge in [0.1, 0.15) is 0 Å². The molecule has 0 heterocycles. The van der Waals surface area contributed by atoms with Crippen molar-refractivity contribution in [2.75, 3.05) is 41.3 Å². The molecule has 0 saturated carbocycles. The lowest BCUT2D eigenvalue weighted by molar-refractivity contribution is 0.676. The maximum absolute atomic E-state index is 4.50. The maximum Gasteiger partial charge on any atom is -0.00398 e. The van der Waals surface area contributed by atoms with Gasteiger partial charge in [0.2, 0.25) is 0 Å². The first-order chi connectivity index (χ1) is 5.41. The minimum atomic E-state index is 1.11. The van der Waals surface area contributed by atoms with E-state index in [0.29, 0.717) is 0 Å². The van der Waals surface area contributed by atoms with Crippen LogP contribution in [0.1, 0.15) is 6.42 Å². The van der Waals surface area contributed by atoms with E-state index in [1.54, 1.807) is 0 Å². The second kappa shape index (κ2) is 32.8. The molecule has 0 aromatic heterocycles. The quantitative estimate of drug-likeness (QED) is 0.401. The van der Waals surface area contributed by atoms with Gasteiger partial charge >= 0.3 is 0 Å². The first-order valence-electron chi connectivity index (χ1n) is 3.86. The van der Waals surface area contributed by atoms with Gasteiger partial charge in [0.15, 0.2) is 0 Å². The Balaban J connectivity index is -0.000000138. The predicted molar refractivity (Wildman–Crippen MR) is 52.7 cm³/mol. The highest BCUT2D eigenvalue weighted by Gasteiger charge is 1.77. The Hall–Kier alpha value is -0.160. The van der Waals surface area contributed by atoms with Gasteiger partial charge in [-0.2, -0.15) is 0 Å². The second-order valence-electron chi connectivity index (χ2n) is 1.56. The fraction of sp³-hybridized carbons (Fsp3) is 1.00. The van der Waals surface area contributed by atoms with Crippen LogP contribution in [-0.4, -0.2) is 41.3 Å². The van der Waals surface area contributed by atoms with E-state index >= 15 is 0 Å². The molecular weight excluding hydrogens is 140 g/mol. The Labute approximate surface area is 70.7 Å². The molecule has 0 saturated heterocycles. The van der Waals surface area contributed by atoms with Crippen LogP contribution in [0.25, 0.3) is 0 Å². The van der Waals surface area contributed by atoms with Crippen LogP contribution in [0.4, 0.5) is 0 Å². The van der Waals surface area contributed by atoms with E-state index in [-0.39, 0.29) is 0 Å². The van der Waals surface area contributed by atoms with Crippen LogP contribution < -0.4 is 22.1 Å². The lowest BCUT2D eigenvalue weighted by Gasteiger charge is -1.95. The molecule has 0 bridgehead atoms. The molecular formula is C7H24N4. The zero-order valence-corrected chi connectivity index (χ0v) is 8.28. The van der Waals surface area contributed by atoms with Crippen LogP contribution in [0, 0.1) is 0 Å². The van der Waals surface area contributed by atoms with Crippen LogP contribution in [0.5, 0.6) is 0 Å². The van der Waals surface area contributed by atoms with E-state index in [4.69, 9.17) is 0 Å². The van der Waals surface area contributed by atoms with E-state index in [0.717, 1.165) is 13.1 Å². The molecule has 0 aliphatic heterocycles. The van der Waals surface area contributed by atoms with E-state index in [2.05, 4.69) is 22.1 Å². The highest BCUT2D eigenvalue weighted by Crippen LogP contribution is 1.66. The second-order valence-corrected chi connectivity index (χ2v) is 1.56. The van der Waals surface area contributed by atoms with E-state index in [1.165, 1.54) is 20.5 Å². The zero-order chi connectivity index (χ0) is 9.54. The Morgan fingerprint density at radius 1 is 0.818 bits per heavy atom. The molecule has 0 aliphatic rings. The number of rotatable bonds is 4. The third kappa shape index (κ3) is 41.0. The largest absolute Gasteiger partial charge is 0.333 e. The van der Waals surface area contributed by atoms with Crippen LogP contribution in [0.2, 0.25) is 0 Å². The first kappa shape index (κ1) is 17.1. The maximum atomic E-state index is 4.50. The molecule has 0 fully saturated rings. The van der Waals surface area contributed by atoms with Crippen LogP contribution >= 0.6 is 0 Å². The van der Waals surface area contributed by atoms with Crippen molar-refractivity contribution >= 4 is 0 Å². The van der Waals surface area contributed by atoms with Crippen molar-refractivity contribution < 1.29 is 0 Å². The van der Waals surface area contributed by atoms with E-state index in [9.17, 15) is 0 Å². The average molecular weight is 164 g/mol. The monoisotopic (exact) mass is 164 g/mol. The predicted octanol–water partition coefficient (Wildman–Crippen LogP) is -1.03. The highest BCUT2D eigenvalue weighted by molar-refractivity contribution is 4.42. The number of hydrogen-bond donors (Lipinski definition) is 4. The molecule has 11 heavy (non-hydrogen) atoms. The van der Waals surface area contributed by atoms with Gasteiger partial charge in [-0.05, 0) is 47.7 Å². The topological polar surface area (TPSA) is 76.1 Å². The molecule has 0 radical (unpaired) electrons. The molecule has 6 N–H and O–H groups in total. The van der Waals surface area contributed by atoms with Crippen LogP contribution in [-0.2, 0) is 0 Å². The number of hydrogen-bond acceptors (Lipinski definition) is 4. The minimum absolute atomic E-state index is 1.11. The van der Waals surface area contributed by atoms with Crippen LogP contribution in [0.15, 0.2) is 0 Å². The highest BCUT2D eigenvalue weighted by atomic mass is 14.8. The smallest absolute Gasteiger partial charge is 0.00398 e. The number of nitrogens with two attached hydrogens (primary N) is 2. The van der Waals surface area contributed by atoms with Gasteiger partial charge in [0.25, 0.3) is 0 Å². The molecule has 4 heteroatoms. The van der Waals surface area contributed by atoms with Gasteiger partial charge in [-0.1, -0.05) is 0 Å². The summed E-state index contributed by atoms with van der Waals surface area (Å²) in [6, 6.07) is 0. The third-order valence-corrected chi connectivity index (χ3v) is 0.854. The fourth-order valence-electron chi connectivity index (χ4n) is 0.442. The van der Waals surface area contributed by atoms with E-state index in [1.807, 2.05) is 14.1 Å². The lowest BCUT2D eigenvalue weighted by atomic mass is 10.4. The Morgan fingerprint density at radius 2 is 1.09 bits per heavy atom. The summed E-state index contributed by atoms with van der Waals surface area (Å²) in [6.07, 6.45) is 1.22. The van der Waals surface area contributed by atoms with Crippen molar-refractivity contribution in [3.63, 3.8) is 0 Å². The summed E-state index contributed by atoms with van der Waals surface area (Å²) in [5.41, 5.74) is 9.00. The summed E-state index contributed by atoms with van der Waals surface area (Å²) in [5, 5.41) is 6.12. The molecule has 0 aromatic rings. The SMILES string of the molecule is CN.CN.CNCCCNC. The summed E-state index contributed by atoms with van der Waals surface area (Å²) < 4.78 is 0. The normalized spacial score (nSPS) is 7.09. The summed E-state index contributed by atoms with van der Waals surface area (Å²) in [6.45, 7) is 2.22. The van der Waals surface area contributed by atoms with Gasteiger partial charge < -0.3 is 22.1 Å². The number of nitrogens with one attached hydrogen (secondary N) is 2. The summed E-state index contributed by atoms with van der Waals surface area (Å²) >= 11 is 0. The summed E-state index contributed by atoms with van der Waals surface area (Å²) in [5.74, 6) is 0. The van der Waals surface area contributed by atoms with Gasteiger partial charge in [-0.3, -0.25) is 0 Å². The standard InChI is InChI=1S/C5H14N2.2CH5N/c1-6-4-3-5-7-2;2*1-2/h6-7H,3-5H2,1-2H3;2*2H2,1H3. The lowest BCUT2D eigenvalue weighted by Crippen LogP contribution is -2.15. The van der Waals surface area contributed by atoms with Crippen molar-refractivity contribution in [1.29, 1.82) is 0 Å². The Morgan fingerprint density at radius 3 is 1.27 bits per heavy atom. The molecule has 0 aliphatic carbocycles. The molecule has 0 rings (SSSR count). The van der Waals surface area contributed by atoms with Gasteiger partial charge in [-0.25, -0.2) is 0 Å². The van der Waals surface area contributed by atoms with Crippen molar-refractivity contribution in [3.8, 4) is 0 Å². The molecule has 0 atom stereocenters. The Bertz CT molecular complexity index is 29.6. The summed E-state index contributed by atoms with van der Waals surface area (Å²) in [4.78, 5) is 0. The van der Waals surface area contributed by atoms with Crippen LogP contribution in [0.3, 0.4) is 0 Å². The van der Waals surface area contributed by atoms with Crippen molar-refractivity contribution in [2.45, 2.75) is 6.42 Å². The molecule has 4 nitrogen and oxygen atoms in total. The fourth-order valence-corrected chi connectivity index (χ4v) is 0.442. The first-order valence-corrected chi connectivity index (χ1v) is 3.86. The van der Waals surface area contributed by atoms with Crippen molar-refractivity contribution in [1.82, 2.24) is 10.6 Å². The van der Waals surface area contributed by atoms with Crippen molar-refractivity contribution in [2.24, 2.45) is 11.5 Å². The minimum Gasteiger partial charge on any atom is -0.333 e. The summed E-state index contributed by atoms with van der Waals surface area (Å²) in [7, 11) is 6.94. The Kier molecular flexibility index (Phi) is 51.0. The molecule has 72 valence electrons. The van der Waals surface area contributed by atoms with Gasteiger partial charge in [0, 0.05) is 0 Å². The van der Waals surface area contributed by atoms with Crippen molar-refractivity contribution in [3.05, 3.63) is 0 Å². The third-order valence-electron chi connectivity index (χ3n) is 0.854. The zero-order valence-electron chi connectivity index (χ0n) is 8.28. The molecule has 0 aromatic carbocycles. The average Bonchev–Trinajstić information content (AvgIpc) is 2.13. The molecule has 0 amide bonds. The van der Waals surface area contributed by atoms with E-state index < -0.39 is 0 Å². The van der Waals surface area contributed by atoms with Gasteiger partial charge in [-0.15, -0.1) is 0 Å². The molecule has 0 spiro atoms.